The van der Waals surface area contributed by atoms with Gasteiger partial charge in [-0.3, -0.25) is 14.5 Å². The minimum absolute atomic E-state index is 0.109. The topological polar surface area (TPSA) is 70.7 Å². The molecule has 1 aromatic carbocycles. The highest BCUT2D eigenvalue weighted by Crippen LogP contribution is 2.13. The fraction of sp³-hybridized carbons (Fsp3) is 0.500. The molecule has 0 aromatic heterocycles. The average molecular weight is 340 g/mol. The summed E-state index contributed by atoms with van der Waals surface area (Å²) in [7, 11) is 1.73. The number of ether oxygens (including phenoxy) is 1. The lowest BCUT2D eigenvalue weighted by molar-refractivity contribution is -0.123. The third kappa shape index (κ3) is 6.56. The summed E-state index contributed by atoms with van der Waals surface area (Å²) >= 11 is 5.79. The molecular formula is C16H22ClN3O3. The molecule has 0 saturated carbocycles. The van der Waals surface area contributed by atoms with Gasteiger partial charge in [0.15, 0.2) is 0 Å². The van der Waals surface area contributed by atoms with Crippen molar-refractivity contribution in [3.8, 4) is 0 Å². The minimum atomic E-state index is -0.179. The van der Waals surface area contributed by atoms with Gasteiger partial charge in [-0.2, -0.15) is 0 Å². The third-order valence-electron chi connectivity index (χ3n) is 3.51. The van der Waals surface area contributed by atoms with Crippen LogP contribution in [0.1, 0.15) is 12.8 Å². The summed E-state index contributed by atoms with van der Waals surface area (Å²) in [5.74, 6) is -0.288. The number of carbonyl (C=O) groups excluding carboxylic acids is 2. The van der Waals surface area contributed by atoms with Crippen molar-refractivity contribution >= 4 is 29.1 Å². The van der Waals surface area contributed by atoms with E-state index in [9.17, 15) is 9.59 Å². The number of hydrogen-bond donors (Lipinski definition) is 2. The fourth-order valence-electron chi connectivity index (χ4n) is 2.37. The molecule has 23 heavy (non-hydrogen) atoms. The van der Waals surface area contributed by atoms with Gasteiger partial charge in [0, 0.05) is 23.9 Å². The van der Waals surface area contributed by atoms with Crippen molar-refractivity contribution < 1.29 is 14.3 Å². The minimum Gasteiger partial charge on any atom is -0.376 e. The number of carbonyl (C=O) groups is 2. The standard InChI is InChI=1S/C16H22ClN3O3/c1-20(10-15(21)18-9-14-3-2-8-23-14)11-16(22)19-13-6-4-12(17)5-7-13/h4-7,14H,2-3,8-11H2,1H3,(H,18,21)(H,19,22)/t14-/m1/s1. The maximum atomic E-state index is 11.9. The number of halogens is 1. The van der Waals surface area contributed by atoms with Crippen molar-refractivity contribution in [3.63, 3.8) is 0 Å². The summed E-state index contributed by atoms with van der Waals surface area (Å²) in [6, 6.07) is 6.88. The van der Waals surface area contributed by atoms with Crippen molar-refractivity contribution in [2.24, 2.45) is 0 Å². The number of anilines is 1. The molecule has 2 amide bonds. The molecule has 1 aromatic rings. The number of likely N-dealkylation sites (N-methyl/N-ethyl adjacent to an activating group) is 1. The summed E-state index contributed by atoms with van der Waals surface area (Å²) in [4.78, 5) is 25.4. The molecule has 1 aliphatic rings. The first-order valence-corrected chi connectivity index (χ1v) is 8.03. The Hall–Kier alpha value is -1.63. The molecule has 1 saturated heterocycles. The number of amides is 2. The molecule has 0 radical (unpaired) electrons. The predicted molar refractivity (Wildman–Crippen MR) is 89.6 cm³/mol. The van der Waals surface area contributed by atoms with E-state index in [0.29, 0.717) is 17.3 Å². The molecule has 126 valence electrons. The third-order valence-corrected chi connectivity index (χ3v) is 3.76. The Morgan fingerprint density at radius 3 is 2.61 bits per heavy atom. The average Bonchev–Trinajstić information content (AvgIpc) is 3.00. The predicted octanol–water partition coefficient (Wildman–Crippen LogP) is 1.51. The molecule has 1 atom stereocenters. The van der Waals surface area contributed by atoms with Crippen molar-refractivity contribution in [1.29, 1.82) is 0 Å². The van der Waals surface area contributed by atoms with Crippen LogP contribution in [0.15, 0.2) is 24.3 Å². The Bertz CT molecular complexity index is 530. The summed E-state index contributed by atoms with van der Waals surface area (Å²) in [6.45, 7) is 1.60. The van der Waals surface area contributed by atoms with E-state index in [-0.39, 0.29) is 31.0 Å². The Kier molecular flexibility index (Phi) is 6.83. The molecule has 0 unspecified atom stereocenters. The highest BCUT2D eigenvalue weighted by atomic mass is 35.5. The molecule has 1 heterocycles. The number of rotatable bonds is 7. The van der Waals surface area contributed by atoms with Crippen LogP contribution < -0.4 is 10.6 Å². The van der Waals surface area contributed by atoms with Crippen molar-refractivity contribution in [2.45, 2.75) is 18.9 Å². The number of hydrogen-bond acceptors (Lipinski definition) is 4. The van der Waals surface area contributed by atoms with Gasteiger partial charge in [0.25, 0.3) is 0 Å². The van der Waals surface area contributed by atoms with Gasteiger partial charge in [-0.05, 0) is 44.2 Å². The van der Waals surface area contributed by atoms with Crippen molar-refractivity contribution in [1.82, 2.24) is 10.2 Å². The van der Waals surface area contributed by atoms with E-state index >= 15 is 0 Å². The highest BCUT2D eigenvalue weighted by Gasteiger charge is 2.17. The number of benzene rings is 1. The van der Waals surface area contributed by atoms with E-state index in [4.69, 9.17) is 16.3 Å². The van der Waals surface area contributed by atoms with Gasteiger partial charge >= 0.3 is 0 Å². The van der Waals surface area contributed by atoms with E-state index in [2.05, 4.69) is 10.6 Å². The van der Waals surface area contributed by atoms with Crippen molar-refractivity contribution in [2.75, 3.05) is 38.6 Å². The Morgan fingerprint density at radius 1 is 1.26 bits per heavy atom. The summed E-state index contributed by atoms with van der Waals surface area (Å²) in [5.41, 5.74) is 0.677. The Balaban J connectivity index is 1.66. The van der Waals surface area contributed by atoms with Crippen LogP contribution in [0.3, 0.4) is 0 Å². The van der Waals surface area contributed by atoms with E-state index in [0.717, 1.165) is 19.4 Å². The Labute approximate surface area is 141 Å². The first kappa shape index (κ1) is 17.7. The van der Waals surface area contributed by atoms with Crippen LogP contribution in [0.4, 0.5) is 5.69 Å². The molecule has 2 N–H and O–H groups in total. The zero-order valence-electron chi connectivity index (χ0n) is 13.2. The van der Waals surface area contributed by atoms with E-state index < -0.39 is 0 Å². The largest absolute Gasteiger partial charge is 0.376 e. The van der Waals surface area contributed by atoms with Crippen LogP contribution in [0, 0.1) is 0 Å². The zero-order valence-corrected chi connectivity index (χ0v) is 13.9. The van der Waals surface area contributed by atoms with Crippen LogP contribution in [0.5, 0.6) is 0 Å². The van der Waals surface area contributed by atoms with Crippen LogP contribution in [0.2, 0.25) is 5.02 Å². The van der Waals surface area contributed by atoms with Crippen LogP contribution >= 0.6 is 11.6 Å². The second kappa shape index (κ2) is 8.86. The second-order valence-electron chi connectivity index (χ2n) is 5.67. The van der Waals surface area contributed by atoms with E-state index in [1.165, 1.54) is 0 Å². The van der Waals surface area contributed by atoms with E-state index in [1.807, 2.05) is 0 Å². The molecule has 7 heteroatoms. The quantitative estimate of drug-likeness (QED) is 0.790. The maximum absolute atomic E-state index is 11.9. The van der Waals surface area contributed by atoms with Gasteiger partial charge < -0.3 is 15.4 Å². The summed E-state index contributed by atoms with van der Waals surface area (Å²) < 4.78 is 5.45. The molecule has 1 aliphatic heterocycles. The lowest BCUT2D eigenvalue weighted by Gasteiger charge is -2.17. The molecule has 0 bridgehead atoms. The normalized spacial score (nSPS) is 17.3. The molecule has 0 aliphatic carbocycles. The van der Waals surface area contributed by atoms with E-state index in [1.54, 1.807) is 36.2 Å². The molecule has 2 rings (SSSR count). The maximum Gasteiger partial charge on any atom is 0.238 e. The highest BCUT2D eigenvalue weighted by molar-refractivity contribution is 6.30. The lowest BCUT2D eigenvalue weighted by Crippen LogP contribution is -2.41. The van der Waals surface area contributed by atoms with Gasteiger partial charge in [-0.15, -0.1) is 0 Å². The summed E-state index contributed by atoms with van der Waals surface area (Å²) in [6.07, 6.45) is 2.16. The molecule has 0 spiro atoms. The van der Waals surface area contributed by atoms with Gasteiger partial charge in [0.2, 0.25) is 11.8 Å². The summed E-state index contributed by atoms with van der Waals surface area (Å²) in [5, 5.41) is 6.21. The number of nitrogens with zero attached hydrogens (tertiary/aromatic N) is 1. The van der Waals surface area contributed by atoms with Crippen LogP contribution in [-0.2, 0) is 14.3 Å². The Morgan fingerprint density at radius 2 is 1.96 bits per heavy atom. The number of nitrogens with one attached hydrogen (secondary N) is 2. The lowest BCUT2D eigenvalue weighted by atomic mass is 10.2. The monoisotopic (exact) mass is 339 g/mol. The van der Waals surface area contributed by atoms with Gasteiger partial charge in [-0.25, -0.2) is 0 Å². The molecule has 1 fully saturated rings. The molecular weight excluding hydrogens is 318 g/mol. The second-order valence-corrected chi connectivity index (χ2v) is 6.10. The van der Waals surface area contributed by atoms with Gasteiger partial charge in [-0.1, -0.05) is 11.6 Å². The van der Waals surface area contributed by atoms with Crippen molar-refractivity contribution in [3.05, 3.63) is 29.3 Å². The first-order valence-electron chi connectivity index (χ1n) is 7.65. The fourth-order valence-corrected chi connectivity index (χ4v) is 2.49. The molecule has 6 nitrogen and oxygen atoms in total. The zero-order chi connectivity index (χ0) is 16.7. The van der Waals surface area contributed by atoms with Crippen LogP contribution in [-0.4, -0.2) is 56.1 Å². The van der Waals surface area contributed by atoms with Crippen LogP contribution in [0.25, 0.3) is 0 Å². The van der Waals surface area contributed by atoms with Gasteiger partial charge in [0.05, 0.1) is 19.2 Å². The smallest absolute Gasteiger partial charge is 0.238 e. The van der Waals surface area contributed by atoms with Gasteiger partial charge in [0.1, 0.15) is 0 Å². The SMILES string of the molecule is CN(CC(=O)NC[C@H]1CCCO1)CC(=O)Nc1ccc(Cl)cc1. The first-order chi connectivity index (χ1) is 11.0.